The van der Waals surface area contributed by atoms with Gasteiger partial charge in [0.25, 0.3) is 0 Å². The van der Waals surface area contributed by atoms with Crippen molar-refractivity contribution in [2.24, 2.45) is 0 Å². The van der Waals surface area contributed by atoms with Gasteiger partial charge in [-0.25, -0.2) is 8.42 Å². The summed E-state index contributed by atoms with van der Waals surface area (Å²) in [6, 6.07) is -0.485. The predicted molar refractivity (Wildman–Crippen MR) is 74.2 cm³/mol. The Balaban J connectivity index is 2.53. The van der Waals surface area contributed by atoms with E-state index < -0.39 is 21.8 Å². The second kappa shape index (κ2) is 7.03. The van der Waals surface area contributed by atoms with Gasteiger partial charge in [-0.05, 0) is 13.0 Å². The van der Waals surface area contributed by atoms with E-state index in [4.69, 9.17) is 5.11 Å². The van der Waals surface area contributed by atoms with Crippen LogP contribution < -0.4 is 0 Å². The molecule has 1 heterocycles. The van der Waals surface area contributed by atoms with Crippen LogP contribution in [0.15, 0.2) is 0 Å². The van der Waals surface area contributed by atoms with E-state index >= 15 is 0 Å². The van der Waals surface area contributed by atoms with E-state index in [0.29, 0.717) is 25.9 Å². The van der Waals surface area contributed by atoms with E-state index in [1.807, 2.05) is 4.90 Å². The molecule has 1 atom stereocenters. The molecule has 116 valence electrons. The zero-order chi connectivity index (χ0) is 15.3. The maximum absolute atomic E-state index is 11.6. The number of aliphatic carboxylic acids is 1. The molecule has 8 heteroatoms. The highest BCUT2D eigenvalue weighted by molar-refractivity contribution is 7.91. The van der Waals surface area contributed by atoms with Gasteiger partial charge in [0, 0.05) is 33.1 Å². The van der Waals surface area contributed by atoms with Crippen molar-refractivity contribution >= 4 is 21.7 Å². The molecule has 1 aliphatic rings. The molecule has 1 amide bonds. The summed E-state index contributed by atoms with van der Waals surface area (Å²) < 4.78 is 23.2. The first kappa shape index (κ1) is 16.9. The molecular weight excluding hydrogens is 284 g/mol. The van der Waals surface area contributed by atoms with Crippen LogP contribution >= 0.6 is 0 Å². The van der Waals surface area contributed by atoms with E-state index in [0.717, 1.165) is 0 Å². The second-order valence-electron chi connectivity index (χ2n) is 5.29. The molecule has 1 fully saturated rings. The number of sulfone groups is 1. The molecule has 1 unspecified atom stereocenters. The van der Waals surface area contributed by atoms with Crippen LogP contribution in [0, 0.1) is 0 Å². The fraction of sp³-hybridized carbons (Fsp3) is 0.833. The zero-order valence-corrected chi connectivity index (χ0v) is 12.7. The number of hydrogen-bond donors (Lipinski definition) is 1. The van der Waals surface area contributed by atoms with Crippen LogP contribution in [0.2, 0.25) is 0 Å². The van der Waals surface area contributed by atoms with Crippen LogP contribution in [-0.2, 0) is 19.4 Å². The lowest BCUT2D eigenvalue weighted by atomic mass is 10.1. The monoisotopic (exact) mass is 306 g/mol. The Labute approximate surface area is 119 Å². The summed E-state index contributed by atoms with van der Waals surface area (Å²) >= 11 is 0. The summed E-state index contributed by atoms with van der Waals surface area (Å²) in [5, 5.41) is 8.86. The van der Waals surface area contributed by atoms with Crippen molar-refractivity contribution in [3.63, 3.8) is 0 Å². The maximum Gasteiger partial charge on any atom is 0.304 e. The minimum atomic E-state index is -3.15. The molecule has 1 saturated heterocycles. The van der Waals surface area contributed by atoms with E-state index in [1.54, 1.807) is 14.1 Å². The van der Waals surface area contributed by atoms with Crippen LogP contribution in [0.1, 0.15) is 19.3 Å². The number of amides is 1. The summed E-state index contributed by atoms with van der Waals surface area (Å²) in [7, 11) is 0.222. The fourth-order valence-corrected chi connectivity index (χ4v) is 3.86. The number of carbonyl (C=O) groups is 2. The number of hydrogen-bond acceptors (Lipinski definition) is 5. The molecule has 0 aromatic carbocycles. The van der Waals surface area contributed by atoms with Crippen molar-refractivity contribution < 1.29 is 23.1 Å². The van der Waals surface area contributed by atoms with Gasteiger partial charge >= 0.3 is 5.97 Å². The van der Waals surface area contributed by atoms with Crippen molar-refractivity contribution in [2.75, 3.05) is 38.7 Å². The van der Waals surface area contributed by atoms with Gasteiger partial charge in [0.1, 0.15) is 0 Å². The summed E-state index contributed by atoms with van der Waals surface area (Å²) in [6.45, 7) is 0.892. The van der Waals surface area contributed by atoms with E-state index in [9.17, 15) is 18.0 Å². The second-order valence-corrected chi connectivity index (χ2v) is 7.52. The Hall–Kier alpha value is -1.15. The highest BCUT2D eigenvalue weighted by atomic mass is 32.2. The molecule has 7 nitrogen and oxygen atoms in total. The Kier molecular flexibility index (Phi) is 5.94. The summed E-state index contributed by atoms with van der Waals surface area (Å²) in [5.41, 5.74) is 0. The highest BCUT2D eigenvalue weighted by Gasteiger charge is 2.32. The number of rotatable bonds is 6. The minimum absolute atomic E-state index is 0.0180. The molecule has 0 aromatic rings. The van der Waals surface area contributed by atoms with Gasteiger partial charge in [-0.1, -0.05) is 0 Å². The standard InChI is InChI=1S/C12H22N2O5S/c1-13(2)11(15)4-3-5-14-6-7-20(18,19)9-10(14)8-12(16)17/h10H,3-9H2,1-2H3,(H,16,17). The van der Waals surface area contributed by atoms with Crippen molar-refractivity contribution in [3.8, 4) is 0 Å². The Morgan fingerprint density at radius 1 is 1.35 bits per heavy atom. The first-order chi connectivity index (χ1) is 9.21. The van der Waals surface area contributed by atoms with Crippen LogP contribution in [-0.4, -0.2) is 79.9 Å². The van der Waals surface area contributed by atoms with Crippen LogP contribution in [0.5, 0.6) is 0 Å². The molecule has 0 radical (unpaired) electrons. The summed E-state index contributed by atoms with van der Waals surface area (Å²) in [5.74, 6) is -1.03. The number of carboxylic acid groups (broad SMARTS) is 1. The smallest absolute Gasteiger partial charge is 0.304 e. The molecule has 1 N–H and O–H groups in total. The third-order valence-corrected chi connectivity index (χ3v) is 5.09. The van der Waals surface area contributed by atoms with Crippen LogP contribution in [0.4, 0.5) is 0 Å². The number of carboxylic acids is 1. The fourth-order valence-electron chi connectivity index (χ4n) is 2.26. The average Bonchev–Trinajstić information content (AvgIpc) is 2.30. The lowest BCUT2D eigenvalue weighted by Crippen LogP contribution is -2.49. The van der Waals surface area contributed by atoms with Crippen molar-refractivity contribution in [2.45, 2.75) is 25.3 Å². The van der Waals surface area contributed by atoms with E-state index in [-0.39, 0.29) is 23.8 Å². The van der Waals surface area contributed by atoms with Gasteiger partial charge in [0.2, 0.25) is 5.91 Å². The average molecular weight is 306 g/mol. The molecule has 0 aromatic heterocycles. The Morgan fingerprint density at radius 3 is 2.55 bits per heavy atom. The first-order valence-electron chi connectivity index (χ1n) is 6.57. The lowest BCUT2D eigenvalue weighted by molar-refractivity contribution is -0.138. The zero-order valence-electron chi connectivity index (χ0n) is 11.9. The van der Waals surface area contributed by atoms with Crippen molar-refractivity contribution in [3.05, 3.63) is 0 Å². The predicted octanol–water partition coefficient (Wildman–Crippen LogP) is -0.571. The molecule has 1 aliphatic heterocycles. The SMILES string of the molecule is CN(C)C(=O)CCCN1CCS(=O)(=O)CC1CC(=O)O. The number of carbonyl (C=O) groups excluding carboxylic acids is 1. The third-order valence-electron chi connectivity index (χ3n) is 3.40. The lowest BCUT2D eigenvalue weighted by Gasteiger charge is -2.34. The van der Waals surface area contributed by atoms with Gasteiger partial charge in [-0.15, -0.1) is 0 Å². The Morgan fingerprint density at radius 2 is 2.00 bits per heavy atom. The van der Waals surface area contributed by atoms with E-state index in [2.05, 4.69) is 0 Å². The van der Waals surface area contributed by atoms with E-state index in [1.165, 1.54) is 4.90 Å². The summed E-state index contributed by atoms with van der Waals surface area (Å²) in [4.78, 5) is 25.7. The molecule has 0 aliphatic carbocycles. The molecule has 0 saturated carbocycles. The molecule has 20 heavy (non-hydrogen) atoms. The van der Waals surface area contributed by atoms with Gasteiger partial charge < -0.3 is 10.0 Å². The first-order valence-corrected chi connectivity index (χ1v) is 8.40. The van der Waals surface area contributed by atoms with Crippen LogP contribution in [0.25, 0.3) is 0 Å². The molecular formula is C12H22N2O5S. The molecule has 0 bridgehead atoms. The minimum Gasteiger partial charge on any atom is -0.481 e. The normalized spacial score (nSPS) is 22.4. The third kappa shape index (κ3) is 5.46. The maximum atomic E-state index is 11.6. The Bertz CT molecular complexity index is 460. The van der Waals surface area contributed by atoms with Crippen LogP contribution in [0.3, 0.4) is 0 Å². The van der Waals surface area contributed by atoms with Gasteiger partial charge in [0.15, 0.2) is 9.84 Å². The largest absolute Gasteiger partial charge is 0.481 e. The topological polar surface area (TPSA) is 95.0 Å². The van der Waals surface area contributed by atoms with Gasteiger partial charge in [-0.2, -0.15) is 0 Å². The highest BCUT2D eigenvalue weighted by Crippen LogP contribution is 2.16. The van der Waals surface area contributed by atoms with Crippen molar-refractivity contribution in [1.82, 2.24) is 9.80 Å². The quantitative estimate of drug-likeness (QED) is 0.706. The molecule has 1 rings (SSSR count). The van der Waals surface area contributed by atoms with Gasteiger partial charge in [-0.3, -0.25) is 14.5 Å². The summed E-state index contributed by atoms with van der Waals surface area (Å²) in [6.07, 6.45) is 0.810. The van der Waals surface area contributed by atoms with Crippen molar-refractivity contribution in [1.29, 1.82) is 0 Å². The van der Waals surface area contributed by atoms with Gasteiger partial charge in [0.05, 0.1) is 17.9 Å². The molecule has 0 spiro atoms. The number of nitrogens with zero attached hydrogens (tertiary/aromatic N) is 2.